The van der Waals surface area contributed by atoms with E-state index in [9.17, 15) is 4.79 Å². The summed E-state index contributed by atoms with van der Waals surface area (Å²) in [7, 11) is 1.55. The van der Waals surface area contributed by atoms with Crippen LogP contribution >= 0.6 is 0 Å². The lowest BCUT2D eigenvalue weighted by Gasteiger charge is -2.15. The molecular weight excluding hydrogens is 248 g/mol. The molecule has 100 valence electrons. The van der Waals surface area contributed by atoms with Gasteiger partial charge in [0.2, 0.25) is 0 Å². The van der Waals surface area contributed by atoms with Crippen molar-refractivity contribution < 1.29 is 14.2 Å². The molecule has 0 spiro atoms. The van der Waals surface area contributed by atoms with Gasteiger partial charge in [-0.25, -0.2) is 5.10 Å². The largest absolute Gasteiger partial charge is 0.493 e. The van der Waals surface area contributed by atoms with Crippen LogP contribution in [0.3, 0.4) is 0 Å². The van der Waals surface area contributed by atoms with Crippen LogP contribution in [-0.2, 0) is 4.74 Å². The first-order valence-corrected chi connectivity index (χ1v) is 6.08. The molecule has 1 aliphatic heterocycles. The first-order chi connectivity index (χ1) is 9.28. The van der Waals surface area contributed by atoms with Crippen molar-refractivity contribution in [1.82, 2.24) is 10.2 Å². The SMILES string of the molecule is COc1cc2c(=O)[nH]ncc2cc1OC1CCOC1. The molecule has 0 aliphatic carbocycles. The molecule has 1 saturated heterocycles. The molecule has 1 unspecified atom stereocenters. The van der Waals surface area contributed by atoms with E-state index < -0.39 is 0 Å². The maximum Gasteiger partial charge on any atom is 0.272 e. The standard InChI is InChI=1S/C13H14N2O4/c1-17-11-5-10-8(6-14-15-13(10)16)4-12(11)19-9-2-3-18-7-9/h4-6,9H,2-3,7H2,1H3,(H,15,16). The Morgan fingerprint density at radius 2 is 2.32 bits per heavy atom. The molecule has 1 N–H and O–H groups in total. The molecule has 3 rings (SSSR count). The van der Waals surface area contributed by atoms with Crippen LogP contribution in [0.25, 0.3) is 10.8 Å². The molecule has 1 aliphatic rings. The molecular formula is C13H14N2O4. The molecule has 19 heavy (non-hydrogen) atoms. The van der Waals surface area contributed by atoms with Gasteiger partial charge in [0.25, 0.3) is 5.56 Å². The maximum absolute atomic E-state index is 11.7. The summed E-state index contributed by atoms with van der Waals surface area (Å²) in [6.45, 7) is 1.29. The Morgan fingerprint density at radius 3 is 3.05 bits per heavy atom. The van der Waals surface area contributed by atoms with Gasteiger partial charge >= 0.3 is 0 Å². The fourth-order valence-electron chi connectivity index (χ4n) is 2.14. The molecule has 0 radical (unpaired) electrons. The van der Waals surface area contributed by atoms with E-state index in [-0.39, 0.29) is 11.7 Å². The minimum Gasteiger partial charge on any atom is -0.493 e. The van der Waals surface area contributed by atoms with Gasteiger partial charge in [-0.3, -0.25) is 4.79 Å². The van der Waals surface area contributed by atoms with Crippen molar-refractivity contribution in [2.45, 2.75) is 12.5 Å². The van der Waals surface area contributed by atoms with Gasteiger partial charge in [-0.2, -0.15) is 5.10 Å². The summed E-state index contributed by atoms with van der Waals surface area (Å²) >= 11 is 0. The smallest absolute Gasteiger partial charge is 0.272 e. The third kappa shape index (κ3) is 2.26. The number of nitrogens with zero attached hydrogens (tertiary/aromatic N) is 1. The lowest BCUT2D eigenvalue weighted by Crippen LogP contribution is -2.16. The van der Waals surface area contributed by atoms with Crippen LogP contribution in [0.4, 0.5) is 0 Å². The van der Waals surface area contributed by atoms with Gasteiger partial charge in [0.15, 0.2) is 11.5 Å². The van der Waals surface area contributed by atoms with Gasteiger partial charge in [-0.15, -0.1) is 0 Å². The Hall–Kier alpha value is -2.08. The topological polar surface area (TPSA) is 73.4 Å². The van der Waals surface area contributed by atoms with E-state index >= 15 is 0 Å². The number of aromatic amines is 1. The summed E-state index contributed by atoms with van der Waals surface area (Å²) in [6.07, 6.45) is 2.48. The van der Waals surface area contributed by atoms with Crippen molar-refractivity contribution in [3.8, 4) is 11.5 Å². The van der Waals surface area contributed by atoms with Crippen LogP contribution in [0.15, 0.2) is 23.1 Å². The lowest BCUT2D eigenvalue weighted by atomic mass is 10.1. The zero-order valence-electron chi connectivity index (χ0n) is 10.5. The monoisotopic (exact) mass is 262 g/mol. The number of H-pyrrole nitrogens is 1. The number of nitrogens with one attached hydrogen (secondary N) is 1. The zero-order valence-corrected chi connectivity index (χ0v) is 10.5. The molecule has 0 amide bonds. The summed E-state index contributed by atoms with van der Waals surface area (Å²) < 4.78 is 16.4. The van der Waals surface area contributed by atoms with Crippen LogP contribution in [0, 0.1) is 0 Å². The first-order valence-electron chi connectivity index (χ1n) is 6.08. The Bertz CT molecular complexity index is 647. The van der Waals surface area contributed by atoms with Crippen LogP contribution in [0.5, 0.6) is 11.5 Å². The minimum atomic E-state index is -0.244. The normalized spacial score (nSPS) is 18.7. The number of aromatic nitrogens is 2. The Morgan fingerprint density at radius 1 is 1.42 bits per heavy atom. The van der Waals surface area contributed by atoms with Crippen molar-refractivity contribution in [3.63, 3.8) is 0 Å². The van der Waals surface area contributed by atoms with E-state index in [4.69, 9.17) is 14.2 Å². The van der Waals surface area contributed by atoms with E-state index in [0.29, 0.717) is 30.1 Å². The van der Waals surface area contributed by atoms with Crippen molar-refractivity contribution in [1.29, 1.82) is 0 Å². The predicted octanol–water partition coefficient (Wildman–Crippen LogP) is 1.10. The molecule has 2 heterocycles. The molecule has 2 aromatic rings. The van der Waals surface area contributed by atoms with Crippen LogP contribution in [0.1, 0.15) is 6.42 Å². The highest BCUT2D eigenvalue weighted by molar-refractivity contribution is 5.84. The zero-order chi connectivity index (χ0) is 13.2. The summed E-state index contributed by atoms with van der Waals surface area (Å²) in [5, 5.41) is 7.43. The van der Waals surface area contributed by atoms with Gasteiger partial charge in [-0.05, 0) is 12.1 Å². The number of hydrogen-bond donors (Lipinski definition) is 1. The Labute approximate surface area is 109 Å². The minimum absolute atomic E-state index is 0.0290. The van der Waals surface area contributed by atoms with E-state index in [1.807, 2.05) is 0 Å². The van der Waals surface area contributed by atoms with E-state index in [1.165, 1.54) is 0 Å². The highest BCUT2D eigenvalue weighted by atomic mass is 16.6. The third-order valence-electron chi connectivity index (χ3n) is 3.13. The number of rotatable bonds is 3. The summed E-state index contributed by atoms with van der Waals surface area (Å²) in [6, 6.07) is 3.44. The quantitative estimate of drug-likeness (QED) is 0.896. The molecule has 0 saturated carbocycles. The van der Waals surface area contributed by atoms with Crippen LogP contribution in [0.2, 0.25) is 0 Å². The molecule has 6 heteroatoms. The summed E-state index contributed by atoms with van der Waals surface area (Å²) in [5.74, 6) is 1.15. The predicted molar refractivity (Wildman–Crippen MR) is 68.8 cm³/mol. The van der Waals surface area contributed by atoms with E-state index in [2.05, 4.69) is 10.2 Å². The molecule has 1 atom stereocenters. The molecule has 1 aromatic heterocycles. The van der Waals surface area contributed by atoms with Crippen molar-refractivity contribution >= 4 is 10.8 Å². The van der Waals surface area contributed by atoms with Gasteiger partial charge in [0, 0.05) is 11.8 Å². The van der Waals surface area contributed by atoms with Gasteiger partial charge in [-0.1, -0.05) is 0 Å². The van der Waals surface area contributed by atoms with Crippen molar-refractivity contribution in [2.75, 3.05) is 20.3 Å². The van der Waals surface area contributed by atoms with E-state index in [1.54, 1.807) is 25.4 Å². The number of fused-ring (bicyclic) bond motifs is 1. The van der Waals surface area contributed by atoms with Gasteiger partial charge < -0.3 is 14.2 Å². The average Bonchev–Trinajstić information content (AvgIpc) is 2.91. The Balaban J connectivity index is 2.04. The number of ether oxygens (including phenoxy) is 3. The van der Waals surface area contributed by atoms with Gasteiger partial charge in [0.1, 0.15) is 6.10 Å². The highest BCUT2D eigenvalue weighted by Crippen LogP contribution is 2.32. The second-order valence-corrected chi connectivity index (χ2v) is 4.39. The Kier molecular flexibility index (Phi) is 3.08. The highest BCUT2D eigenvalue weighted by Gasteiger charge is 2.19. The molecule has 6 nitrogen and oxygen atoms in total. The fourth-order valence-corrected chi connectivity index (χ4v) is 2.14. The van der Waals surface area contributed by atoms with Crippen molar-refractivity contribution in [3.05, 3.63) is 28.7 Å². The van der Waals surface area contributed by atoms with Crippen LogP contribution < -0.4 is 15.0 Å². The second kappa shape index (κ2) is 4.89. The third-order valence-corrected chi connectivity index (χ3v) is 3.13. The number of hydrogen-bond acceptors (Lipinski definition) is 5. The van der Waals surface area contributed by atoms with Gasteiger partial charge in [0.05, 0.1) is 31.9 Å². The number of methoxy groups -OCH3 is 1. The fraction of sp³-hybridized carbons (Fsp3) is 0.385. The molecule has 0 bridgehead atoms. The average molecular weight is 262 g/mol. The summed E-state index contributed by atoms with van der Waals surface area (Å²) in [4.78, 5) is 11.7. The maximum atomic E-state index is 11.7. The second-order valence-electron chi connectivity index (χ2n) is 4.39. The first kappa shape index (κ1) is 12.0. The van der Waals surface area contributed by atoms with Crippen molar-refractivity contribution in [2.24, 2.45) is 0 Å². The molecule has 1 aromatic carbocycles. The number of benzene rings is 1. The van der Waals surface area contributed by atoms with Crippen LogP contribution in [-0.4, -0.2) is 36.6 Å². The van der Waals surface area contributed by atoms with E-state index in [0.717, 1.165) is 11.8 Å². The molecule has 1 fully saturated rings. The lowest BCUT2D eigenvalue weighted by molar-refractivity contribution is 0.139. The summed E-state index contributed by atoms with van der Waals surface area (Å²) in [5.41, 5.74) is -0.244.